The number of fused-ring (bicyclic) bond motifs is 1. The number of nitrogens with two attached hydrogens (primary N) is 1. The first-order valence-electron chi connectivity index (χ1n) is 19.4. The Hall–Kier alpha value is -6.95. The first kappa shape index (κ1) is 41.2. The summed E-state index contributed by atoms with van der Waals surface area (Å²) in [6, 6.07) is 42.5. The van der Waals surface area contributed by atoms with Crippen LogP contribution < -0.4 is 21.1 Å². The van der Waals surface area contributed by atoms with Crippen LogP contribution >= 0.6 is 7.37 Å². The van der Waals surface area contributed by atoms with E-state index in [1.54, 1.807) is 72.9 Å². The van der Waals surface area contributed by atoms with Crippen LogP contribution in [0.4, 0.5) is 4.79 Å². The molecule has 7 aromatic rings. The zero-order valence-corrected chi connectivity index (χ0v) is 33.4. The zero-order valence-electron chi connectivity index (χ0n) is 32.5. The lowest BCUT2D eigenvalue weighted by atomic mass is 10.0. The number of hydrogen-bond acceptors (Lipinski definition) is 8. The Morgan fingerprint density at radius 1 is 0.767 bits per heavy atom. The van der Waals surface area contributed by atoms with Crippen LogP contribution in [0, 0.1) is 5.92 Å². The van der Waals surface area contributed by atoms with Crippen molar-refractivity contribution in [3.63, 3.8) is 0 Å². The Morgan fingerprint density at radius 2 is 1.43 bits per heavy atom. The van der Waals surface area contributed by atoms with Crippen LogP contribution in [-0.4, -0.2) is 50.9 Å². The van der Waals surface area contributed by atoms with E-state index in [1.807, 2.05) is 78.9 Å². The molecule has 7 rings (SSSR count). The lowest BCUT2D eigenvalue weighted by molar-refractivity contribution is -0.129. The number of H-pyrrole nitrogens is 1. The van der Waals surface area contributed by atoms with Crippen LogP contribution in [0.2, 0.25) is 0 Å². The Balaban J connectivity index is 1.15. The van der Waals surface area contributed by atoms with Gasteiger partial charge in [0.15, 0.2) is 0 Å². The van der Waals surface area contributed by atoms with Crippen molar-refractivity contribution in [2.24, 2.45) is 11.7 Å². The van der Waals surface area contributed by atoms with Crippen LogP contribution in [0.1, 0.15) is 22.5 Å². The first-order chi connectivity index (χ1) is 29.1. The summed E-state index contributed by atoms with van der Waals surface area (Å²) < 4.78 is 31.8. The molecule has 5 aromatic carbocycles. The molecular formula is C46H44N5O8P. The molecule has 2 heterocycles. The summed E-state index contributed by atoms with van der Waals surface area (Å²) in [5, 5.41) is 10.5. The molecule has 60 heavy (non-hydrogen) atoms. The molecule has 2 aromatic heterocycles. The lowest BCUT2D eigenvalue weighted by Crippen LogP contribution is -2.49. The number of aromatic amines is 1. The highest BCUT2D eigenvalue weighted by Crippen LogP contribution is 2.49. The Bertz CT molecular complexity index is 2580. The van der Waals surface area contributed by atoms with Gasteiger partial charge >= 0.3 is 6.09 Å². The number of rotatable bonds is 18. The maximum atomic E-state index is 14.6. The minimum Gasteiger partial charge on any atom is -0.457 e. The SMILES string of the molecule is NC(=O)[C@H](Cc1c[nH]c2ccccc12)NC(=O)[C@H](Cc1cc(-c2cccc(Oc3ccccc3)c2)no1)CP(=O)(O)[C@H](Cc1ccccc1)NC(=O)OCc1ccccc1. The van der Waals surface area contributed by atoms with E-state index < -0.39 is 49.2 Å². The van der Waals surface area contributed by atoms with Gasteiger partial charge in [0.1, 0.15) is 41.4 Å². The molecule has 0 bridgehead atoms. The van der Waals surface area contributed by atoms with E-state index in [-0.39, 0.29) is 31.6 Å². The molecule has 1 unspecified atom stereocenters. The van der Waals surface area contributed by atoms with Crippen LogP contribution in [0.5, 0.6) is 11.5 Å². The molecule has 0 fully saturated rings. The predicted molar refractivity (Wildman–Crippen MR) is 227 cm³/mol. The molecule has 306 valence electrons. The Labute approximate surface area is 346 Å². The molecule has 14 heteroatoms. The summed E-state index contributed by atoms with van der Waals surface area (Å²) >= 11 is 0. The quantitative estimate of drug-likeness (QED) is 0.0537. The second kappa shape index (κ2) is 19.2. The summed E-state index contributed by atoms with van der Waals surface area (Å²) in [4.78, 5) is 55.5. The normalized spacial score (nSPS) is 13.7. The Morgan fingerprint density at radius 3 is 2.17 bits per heavy atom. The van der Waals surface area contributed by atoms with Gasteiger partial charge in [0, 0.05) is 54.2 Å². The molecule has 0 aliphatic rings. The fourth-order valence-electron chi connectivity index (χ4n) is 6.88. The largest absolute Gasteiger partial charge is 0.457 e. The number of nitrogens with zero attached hydrogens (tertiary/aromatic N) is 1. The number of aromatic nitrogens is 2. The molecular weight excluding hydrogens is 782 g/mol. The number of nitrogens with one attached hydrogen (secondary N) is 3. The predicted octanol–water partition coefficient (Wildman–Crippen LogP) is 7.75. The van der Waals surface area contributed by atoms with Gasteiger partial charge < -0.3 is 40.2 Å². The highest BCUT2D eigenvalue weighted by atomic mass is 31.2. The van der Waals surface area contributed by atoms with Gasteiger partial charge in [0.2, 0.25) is 19.2 Å². The summed E-state index contributed by atoms with van der Waals surface area (Å²) in [6.07, 6.45) is 0.0816. The van der Waals surface area contributed by atoms with Crippen LogP contribution in [0.15, 0.2) is 156 Å². The Kier molecular flexibility index (Phi) is 13.2. The number of carbonyl (C=O) groups excluding carboxylic acids is 3. The molecule has 0 saturated carbocycles. The number of ether oxygens (including phenoxy) is 2. The van der Waals surface area contributed by atoms with Gasteiger partial charge in [-0.15, -0.1) is 0 Å². The summed E-state index contributed by atoms with van der Waals surface area (Å²) in [7, 11) is -4.48. The van der Waals surface area contributed by atoms with Gasteiger partial charge in [-0.3, -0.25) is 14.2 Å². The molecule has 4 atom stereocenters. The molecule has 3 amide bonds. The topological polar surface area (TPSA) is 199 Å². The van der Waals surface area contributed by atoms with Crippen molar-refractivity contribution < 1.29 is 37.8 Å². The van der Waals surface area contributed by atoms with Crippen molar-refractivity contribution in [3.8, 4) is 22.8 Å². The maximum absolute atomic E-state index is 14.6. The second-order valence-corrected chi connectivity index (χ2v) is 16.9. The summed E-state index contributed by atoms with van der Waals surface area (Å²) in [6.45, 7) is -0.0639. The third-order valence-electron chi connectivity index (χ3n) is 9.98. The van der Waals surface area contributed by atoms with Crippen LogP contribution in [0.3, 0.4) is 0 Å². The fraction of sp³-hybridized carbons (Fsp3) is 0.174. The summed E-state index contributed by atoms with van der Waals surface area (Å²) in [5.74, 6) is -2.65. The molecule has 0 spiro atoms. The number of alkyl carbamates (subject to hydrolysis) is 1. The molecule has 13 nitrogen and oxygen atoms in total. The fourth-order valence-corrected chi connectivity index (χ4v) is 8.86. The number of benzene rings is 5. The van der Waals surface area contributed by atoms with Crippen molar-refractivity contribution in [1.29, 1.82) is 0 Å². The van der Waals surface area contributed by atoms with E-state index in [0.29, 0.717) is 28.3 Å². The molecule has 0 aliphatic carbocycles. The van der Waals surface area contributed by atoms with Gasteiger partial charge in [0.25, 0.3) is 0 Å². The van der Waals surface area contributed by atoms with E-state index >= 15 is 0 Å². The van der Waals surface area contributed by atoms with Gasteiger partial charge in [-0.25, -0.2) is 4.79 Å². The monoisotopic (exact) mass is 825 g/mol. The minimum absolute atomic E-state index is 0.0400. The van der Waals surface area contributed by atoms with Crippen LogP contribution in [0.25, 0.3) is 22.2 Å². The van der Waals surface area contributed by atoms with Gasteiger partial charge in [-0.1, -0.05) is 114 Å². The lowest BCUT2D eigenvalue weighted by Gasteiger charge is -2.28. The number of para-hydroxylation sites is 2. The number of carbonyl (C=O) groups is 3. The van der Waals surface area contributed by atoms with Crippen molar-refractivity contribution in [2.75, 3.05) is 6.16 Å². The number of amides is 3. The van der Waals surface area contributed by atoms with E-state index in [4.69, 9.17) is 19.7 Å². The average Bonchev–Trinajstić information content (AvgIpc) is 3.90. The third-order valence-corrected chi connectivity index (χ3v) is 12.2. The standard InChI is InChI=1S/C46H44N5O8P/c47-44(52)42(26-34-28-48-40-22-11-10-21-39(34)40)49-45(53)35(25-38-27-41(51-59-38)33-17-12-20-37(24-33)58-36-18-8-3-9-19-36)30-60(55,56)43(23-31-13-4-1-5-14-31)50-46(54)57-29-32-15-6-2-7-16-32/h1-22,24,27-28,35,42-43,48H,23,25-26,29-30H2,(H2,47,52)(H,49,53)(H,50,54)(H,55,56)/t35-,42+,43-/m1/s1. The highest BCUT2D eigenvalue weighted by molar-refractivity contribution is 7.58. The first-order valence-corrected chi connectivity index (χ1v) is 21.3. The maximum Gasteiger partial charge on any atom is 0.408 e. The average molecular weight is 826 g/mol. The van der Waals surface area contributed by atoms with Crippen LogP contribution in [-0.2, 0) is 44.8 Å². The van der Waals surface area contributed by atoms with Crippen molar-refractivity contribution in [1.82, 2.24) is 20.8 Å². The highest BCUT2D eigenvalue weighted by Gasteiger charge is 2.39. The third kappa shape index (κ3) is 11.0. The molecule has 0 saturated heterocycles. The van der Waals surface area contributed by atoms with E-state index in [1.165, 1.54) is 0 Å². The summed E-state index contributed by atoms with van der Waals surface area (Å²) in [5.41, 5.74) is 9.95. The molecule has 6 N–H and O–H groups in total. The number of primary amides is 1. The number of hydrogen-bond donors (Lipinski definition) is 5. The second-order valence-electron chi connectivity index (χ2n) is 14.4. The van der Waals surface area contributed by atoms with Gasteiger partial charge in [-0.2, -0.15) is 0 Å². The minimum atomic E-state index is -4.48. The van der Waals surface area contributed by atoms with Gasteiger partial charge in [0.05, 0.1) is 5.92 Å². The van der Waals surface area contributed by atoms with E-state index in [2.05, 4.69) is 20.8 Å². The smallest absolute Gasteiger partial charge is 0.408 e. The van der Waals surface area contributed by atoms with Crippen molar-refractivity contribution in [3.05, 3.63) is 174 Å². The van der Waals surface area contributed by atoms with Crippen molar-refractivity contribution >= 4 is 36.2 Å². The zero-order chi connectivity index (χ0) is 41.9. The molecule has 0 radical (unpaired) electrons. The van der Waals surface area contributed by atoms with Crippen molar-refractivity contribution in [2.45, 2.75) is 37.7 Å². The van der Waals surface area contributed by atoms with Gasteiger partial charge in [-0.05, 0) is 47.0 Å². The van der Waals surface area contributed by atoms with E-state index in [9.17, 15) is 23.8 Å². The molecule has 0 aliphatic heterocycles. The van der Waals surface area contributed by atoms with E-state index in [0.717, 1.165) is 22.0 Å².